The molecule has 2 rings (SSSR count). The highest BCUT2D eigenvalue weighted by Crippen LogP contribution is 2.31. The first kappa shape index (κ1) is 14.2. The maximum atomic E-state index is 6.20. The molecule has 2 nitrogen and oxygen atoms in total. The lowest BCUT2D eigenvalue weighted by atomic mass is 10.1. The van der Waals surface area contributed by atoms with Crippen molar-refractivity contribution in [2.45, 2.75) is 13.0 Å². The topological polar surface area (TPSA) is 21.3 Å². The van der Waals surface area contributed by atoms with Gasteiger partial charge < -0.3 is 10.1 Å². The van der Waals surface area contributed by atoms with Gasteiger partial charge in [-0.15, -0.1) is 0 Å². The van der Waals surface area contributed by atoms with Crippen LogP contribution in [0.25, 0.3) is 0 Å². The fourth-order valence-electron chi connectivity index (χ4n) is 1.90. The fourth-order valence-corrected chi connectivity index (χ4v) is 2.61. The van der Waals surface area contributed by atoms with E-state index < -0.39 is 0 Å². The zero-order valence-corrected chi connectivity index (χ0v) is 13.1. The SMILES string of the molecule is COc1cc(NC(C)c2ccccc2Cl)ccc1Br. The van der Waals surface area contributed by atoms with Gasteiger partial charge in [0.25, 0.3) is 0 Å². The van der Waals surface area contributed by atoms with Crippen molar-refractivity contribution in [2.24, 2.45) is 0 Å². The zero-order chi connectivity index (χ0) is 13.8. The quantitative estimate of drug-likeness (QED) is 0.817. The van der Waals surface area contributed by atoms with Crippen LogP contribution >= 0.6 is 27.5 Å². The van der Waals surface area contributed by atoms with Gasteiger partial charge in [0.15, 0.2) is 0 Å². The number of methoxy groups -OCH3 is 1. The zero-order valence-electron chi connectivity index (χ0n) is 10.8. The smallest absolute Gasteiger partial charge is 0.135 e. The van der Waals surface area contributed by atoms with Crippen LogP contribution in [0.2, 0.25) is 5.02 Å². The van der Waals surface area contributed by atoms with Crippen LogP contribution in [-0.4, -0.2) is 7.11 Å². The maximum absolute atomic E-state index is 6.20. The van der Waals surface area contributed by atoms with Crippen molar-refractivity contribution in [3.05, 3.63) is 57.5 Å². The van der Waals surface area contributed by atoms with Crippen LogP contribution in [0.5, 0.6) is 5.75 Å². The molecule has 0 heterocycles. The Bertz CT molecular complexity index is 574. The Kier molecular flexibility index (Phi) is 4.72. The van der Waals surface area contributed by atoms with Crippen molar-refractivity contribution in [3.63, 3.8) is 0 Å². The highest BCUT2D eigenvalue weighted by atomic mass is 79.9. The monoisotopic (exact) mass is 339 g/mol. The third-order valence-electron chi connectivity index (χ3n) is 2.91. The number of nitrogens with one attached hydrogen (secondary N) is 1. The molecule has 0 saturated heterocycles. The van der Waals surface area contributed by atoms with E-state index in [2.05, 4.69) is 28.2 Å². The van der Waals surface area contributed by atoms with Gasteiger partial charge in [-0.1, -0.05) is 29.8 Å². The summed E-state index contributed by atoms with van der Waals surface area (Å²) in [4.78, 5) is 0. The molecule has 0 aliphatic heterocycles. The first-order valence-corrected chi connectivity index (χ1v) is 7.13. The van der Waals surface area contributed by atoms with Gasteiger partial charge in [-0.25, -0.2) is 0 Å². The third kappa shape index (κ3) is 3.43. The molecule has 0 spiro atoms. The number of hydrogen-bond acceptors (Lipinski definition) is 2. The molecule has 0 amide bonds. The summed E-state index contributed by atoms with van der Waals surface area (Å²) in [6, 6.07) is 13.9. The standard InChI is InChI=1S/C15H15BrClNO/c1-10(12-5-3-4-6-14(12)17)18-11-7-8-13(16)15(9-11)19-2/h3-10,18H,1-2H3. The Labute approximate surface area is 126 Å². The van der Waals surface area contributed by atoms with Crippen LogP contribution in [0.4, 0.5) is 5.69 Å². The molecule has 100 valence electrons. The lowest BCUT2D eigenvalue weighted by Crippen LogP contribution is -2.07. The summed E-state index contributed by atoms with van der Waals surface area (Å²) in [5, 5.41) is 4.19. The van der Waals surface area contributed by atoms with E-state index in [1.54, 1.807) is 7.11 Å². The summed E-state index contributed by atoms with van der Waals surface area (Å²) in [7, 11) is 1.65. The highest BCUT2D eigenvalue weighted by molar-refractivity contribution is 9.10. The fraction of sp³-hybridized carbons (Fsp3) is 0.200. The van der Waals surface area contributed by atoms with Gasteiger partial charge in [0.2, 0.25) is 0 Å². The van der Waals surface area contributed by atoms with E-state index in [1.807, 2.05) is 42.5 Å². The summed E-state index contributed by atoms with van der Waals surface area (Å²) < 4.78 is 6.22. The van der Waals surface area contributed by atoms with Crippen molar-refractivity contribution >= 4 is 33.2 Å². The van der Waals surface area contributed by atoms with Crippen molar-refractivity contribution < 1.29 is 4.74 Å². The molecule has 4 heteroatoms. The Hall–Kier alpha value is -1.19. The second kappa shape index (κ2) is 6.31. The second-order valence-corrected chi connectivity index (χ2v) is 5.50. The molecule has 0 aliphatic carbocycles. The molecule has 0 bridgehead atoms. The van der Waals surface area contributed by atoms with E-state index in [1.165, 1.54) is 0 Å². The van der Waals surface area contributed by atoms with Crippen molar-refractivity contribution in [3.8, 4) is 5.75 Å². The summed E-state index contributed by atoms with van der Waals surface area (Å²) in [6.45, 7) is 2.08. The Morgan fingerprint density at radius 2 is 1.95 bits per heavy atom. The second-order valence-electron chi connectivity index (χ2n) is 4.24. The van der Waals surface area contributed by atoms with E-state index in [-0.39, 0.29) is 6.04 Å². The molecule has 1 atom stereocenters. The third-order valence-corrected chi connectivity index (χ3v) is 3.91. The summed E-state index contributed by atoms with van der Waals surface area (Å²) >= 11 is 9.64. The molecule has 0 aromatic heterocycles. The van der Waals surface area contributed by atoms with E-state index >= 15 is 0 Å². The largest absolute Gasteiger partial charge is 0.495 e. The van der Waals surface area contributed by atoms with Crippen molar-refractivity contribution in [1.29, 1.82) is 0 Å². The minimum Gasteiger partial charge on any atom is -0.495 e. The van der Waals surface area contributed by atoms with Crippen LogP contribution in [0.3, 0.4) is 0 Å². The van der Waals surface area contributed by atoms with Crippen LogP contribution in [0, 0.1) is 0 Å². The lowest BCUT2D eigenvalue weighted by Gasteiger charge is -2.17. The molecule has 2 aromatic rings. The predicted octanol–water partition coefficient (Wildman–Crippen LogP) is 5.28. The first-order valence-electron chi connectivity index (χ1n) is 5.96. The van der Waals surface area contributed by atoms with Crippen LogP contribution in [-0.2, 0) is 0 Å². The van der Waals surface area contributed by atoms with Crippen LogP contribution in [0.15, 0.2) is 46.9 Å². The normalized spacial score (nSPS) is 12.0. The maximum Gasteiger partial charge on any atom is 0.135 e. The number of rotatable bonds is 4. The van der Waals surface area contributed by atoms with Crippen LogP contribution < -0.4 is 10.1 Å². The average molecular weight is 341 g/mol. The number of halogens is 2. The predicted molar refractivity (Wildman–Crippen MR) is 84.2 cm³/mol. The Morgan fingerprint density at radius 3 is 2.63 bits per heavy atom. The number of hydrogen-bond donors (Lipinski definition) is 1. The summed E-state index contributed by atoms with van der Waals surface area (Å²) in [5.74, 6) is 0.802. The molecule has 19 heavy (non-hydrogen) atoms. The summed E-state index contributed by atoms with van der Waals surface area (Å²) in [6.07, 6.45) is 0. The van der Waals surface area contributed by atoms with E-state index in [0.717, 1.165) is 26.5 Å². The minimum atomic E-state index is 0.125. The Morgan fingerprint density at radius 1 is 1.21 bits per heavy atom. The van der Waals surface area contributed by atoms with Gasteiger partial charge in [-0.2, -0.15) is 0 Å². The molecule has 0 fully saturated rings. The van der Waals surface area contributed by atoms with Gasteiger partial charge in [-0.3, -0.25) is 0 Å². The lowest BCUT2D eigenvalue weighted by molar-refractivity contribution is 0.412. The number of benzene rings is 2. The number of ether oxygens (including phenoxy) is 1. The molecule has 0 radical (unpaired) electrons. The highest BCUT2D eigenvalue weighted by Gasteiger charge is 2.10. The van der Waals surface area contributed by atoms with Crippen LogP contribution in [0.1, 0.15) is 18.5 Å². The summed E-state index contributed by atoms with van der Waals surface area (Å²) in [5.41, 5.74) is 2.07. The van der Waals surface area contributed by atoms with Gasteiger partial charge in [0, 0.05) is 22.8 Å². The van der Waals surface area contributed by atoms with Gasteiger partial charge in [0.05, 0.1) is 11.6 Å². The molecular formula is C15H15BrClNO. The number of anilines is 1. The van der Waals surface area contributed by atoms with Crippen molar-refractivity contribution in [2.75, 3.05) is 12.4 Å². The van der Waals surface area contributed by atoms with E-state index in [9.17, 15) is 0 Å². The molecule has 0 aliphatic rings. The van der Waals surface area contributed by atoms with E-state index in [0.29, 0.717) is 0 Å². The first-order chi connectivity index (χ1) is 9.11. The molecular weight excluding hydrogens is 326 g/mol. The molecule has 2 aromatic carbocycles. The van der Waals surface area contributed by atoms with Gasteiger partial charge in [-0.05, 0) is 46.6 Å². The van der Waals surface area contributed by atoms with Gasteiger partial charge in [0.1, 0.15) is 5.75 Å². The average Bonchev–Trinajstić information content (AvgIpc) is 2.41. The van der Waals surface area contributed by atoms with Gasteiger partial charge >= 0.3 is 0 Å². The molecule has 0 saturated carbocycles. The molecule has 1 unspecified atom stereocenters. The Balaban J connectivity index is 2.19. The minimum absolute atomic E-state index is 0.125. The van der Waals surface area contributed by atoms with E-state index in [4.69, 9.17) is 16.3 Å². The van der Waals surface area contributed by atoms with Crippen molar-refractivity contribution in [1.82, 2.24) is 0 Å². The molecule has 1 N–H and O–H groups in total.